The molecule has 1 heterocycles. The van der Waals surface area contributed by atoms with Gasteiger partial charge in [0, 0.05) is 23.8 Å². The zero-order valence-corrected chi connectivity index (χ0v) is 17.7. The number of rotatable bonds is 8. The van der Waals surface area contributed by atoms with Gasteiger partial charge in [-0.25, -0.2) is 4.79 Å². The molecule has 9 heteroatoms. The highest BCUT2D eigenvalue weighted by Crippen LogP contribution is 2.14. The topological polar surface area (TPSA) is 109 Å². The maximum absolute atomic E-state index is 12.5. The normalized spacial score (nSPS) is 10.4. The third-order valence-electron chi connectivity index (χ3n) is 4.48. The average molecular weight is 437 g/mol. The van der Waals surface area contributed by atoms with E-state index in [0.717, 1.165) is 4.57 Å². The Kier molecular flexibility index (Phi) is 7.22. The number of carbonyl (C=O) groups is 2. The van der Waals surface area contributed by atoms with E-state index in [1.807, 2.05) is 6.92 Å². The summed E-state index contributed by atoms with van der Waals surface area (Å²) in [5.41, 5.74) is -0.288. The number of nitrogens with zero attached hydrogens (tertiary/aromatic N) is 2. The molecule has 0 aliphatic carbocycles. The van der Waals surface area contributed by atoms with Crippen LogP contribution in [0.4, 0.5) is 5.69 Å². The number of carbonyl (C=O) groups excluding carboxylic acids is 2. The Balaban J connectivity index is 1.70. The van der Waals surface area contributed by atoms with Crippen LogP contribution in [0.15, 0.2) is 70.5 Å². The Hall–Kier alpha value is -4.14. The lowest BCUT2D eigenvalue weighted by molar-refractivity contribution is -0.116. The van der Waals surface area contributed by atoms with Crippen LogP contribution in [0.2, 0.25) is 0 Å². The number of ether oxygens (including phenoxy) is 2. The van der Waals surface area contributed by atoms with E-state index in [1.54, 1.807) is 43.3 Å². The van der Waals surface area contributed by atoms with E-state index in [0.29, 0.717) is 29.3 Å². The fraction of sp³-hybridized carbons (Fsp3) is 0.217. The summed E-state index contributed by atoms with van der Waals surface area (Å²) < 4.78 is 12.5. The summed E-state index contributed by atoms with van der Waals surface area (Å²) in [4.78, 5) is 49.0. The van der Waals surface area contributed by atoms with Gasteiger partial charge in [0.05, 0.1) is 18.8 Å². The lowest BCUT2D eigenvalue weighted by Crippen LogP contribution is -2.41. The van der Waals surface area contributed by atoms with E-state index in [-0.39, 0.29) is 13.2 Å². The van der Waals surface area contributed by atoms with Gasteiger partial charge in [-0.2, -0.15) is 0 Å². The predicted octanol–water partition coefficient (Wildman–Crippen LogP) is 2.21. The molecule has 0 radical (unpaired) electrons. The Morgan fingerprint density at radius 2 is 1.56 bits per heavy atom. The minimum Gasteiger partial charge on any atom is -0.494 e. The van der Waals surface area contributed by atoms with E-state index in [2.05, 4.69) is 5.32 Å². The van der Waals surface area contributed by atoms with Crippen LogP contribution in [0.5, 0.6) is 5.75 Å². The summed E-state index contributed by atoms with van der Waals surface area (Å²) in [6.07, 6.45) is 2.81. The van der Waals surface area contributed by atoms with Gasteiger partial charge in [-0.15, -0.1) is 0 Å². The smallest absolute Gasteiger partial charge is 0.338 e. The molecule has 0 saturated heterocycles. The van der Waals surface area contributed by atoms with Gasteiger partial charge < -0.3 is 14.8 Å². The minimum atomic E-state index is -0.825. The second-order valence-corrected chi connectivity index (χ2v) is 6.68. The highest BCUT2D eigenvalue weighted by atomic mass is 16.5. The molecule has 9 nitrogen and oxygen atoms in total. The van der Waals surface area contributed by atoms with E-state index >= 15 is 0 Å². The van der Waals surface area contributed by atoms with E-state index in [1.165, 1.54) is 29.1 Å². The fourth-order valence-corrected chi connectivity index (χ4v) is 2.97. The van der Waals surface area contributed by atoms with Gasteiger partial charge in [0.2, 0.25) is 5.91 Å². The van der Waals surface area contributed by atoms with Crippen LogP contribution in [0, 0.1) is 0 Å². The van der Waals surface area contributed by atoms with Crippen molar-refractivity contribution < 1.29 is 19.1 Å². The number of aromatic nitrogens is 2. The first-order valence-corrected chi connectivity index (χ1v) is 10.0. The third-order valence-corrected chi connectivity index (χ3v) is 4.48. The van der Waals surface area contributed by atoms with Crippen molar-refractivity contribution in [1.82, 2.24) is 9.13 Å². The molecular formula is C23H23N3O6. The number of hydrogen-bond donors (Lipinski definition) is 1. The molecule has 0 aliphatic rings. The zero-order chi connectivity index (χ0) is 23.1. The Labute approximate surface area is 183 Å². The molecule has 0 saturated carbocycles. The van der Waals surface area contributed by atoms with Crippen LogP contribution >= 0.6 is 0 Å². The summed E-state index contributed by atoms with van der Waals surface area (Å²) in [5, 5.41) is 2.63. The van der Waals surface area contributed by atoms with Crippen molar-refractivity contribution in [3.05, 3.63) is 87.2 Å². The molecule has 1 aromatic heterocycles. The van der Waals surface area contributed by atoms with Gasteiger partial charge in [0.1, 0.15) is 12.3 Å². The Morgan fingerprint density at radius 1 is 0.875 bits per heavy atom. The van der Waals surface area contributed by atoms with Crippen molar-refractivity contribution in [2.45, 2.75) is 20.4 Å². The third kappa shape index (κ3) is 5.31. The van der Waals surface area contributed by atoms with Crippen LogP contribution in [0.1, 0.15) is 24.2 Å². The van der Waals surface area contributed by atoms with Crippen molar-refractivity contribution in [2.75, 3.05) is 18.5 Å². The molecule has 0 spiro atoms. The summed E-state index contributed by atoms with van der Waals surface area (Å²) in [7, 11) is 0. The van der Waals surface area contributed by atoms with Crippen LogP contribution in [-0.2, 0) is 16.1 Å². The summed E-state index contributed by atoms with van der Waals surface area (Å²) in [5.74, 6) is -0.288. The number of amides is 1. The number of esters is 1. The van der Waals surface area contributed by atoms with E-state index in [9.17, 15) is 19.2 Å². The Morgan fingerprint density at radius 3 is 2.19 bits per heavy atom. The van der Waals surface area contributed by atoms with Crippen LogP contribution in [-0.4, -0.2) is 34.2 Å². The minimum absolute atomic E-state index is 0.267. The molecule has 32 heavy (non-hydrogen) atoms. The standard InChI is InChI=1S/C23H23N3O6/c1-3-31-19-11-9-18(10-12-19)26-14-13-25(21(28)22(26)29)15-20(27)24-17-7-5-16(6-8-17)23(30)32-4-2/h5-14H,3-4,15H2,1-2H3,(H,24,27). The molecule has 0 aliphatic heterocycles. The summed E-state index contributed by atoms with van der Waals surface area (Å²) in [6, 6.07) is 12.9. The number of anilines is 1. The molecule has 0 atom stereocenters. The van der Waals surface area contributed by atoms with Gasteiger partial charge in [0.15, 0.2) is 0 Å². The molecule has 3 rings (SSSR count). The second-order valence-electron chi connectivity index (χ2n) is 6.68. The maximum Gasteiger partial charge on any atom is 0.338 e. The molecule has 166 valence electrons. The molecule has 1 N–H and O–H groups in total. The quantitative estimate of drug-likeness (QED) is 0.428. The first-order chi connectivity index (χ1) is 15.4. The number of benzene rings is 2. The highest BCUT2D eigenvalue weighted by molar-refractivity contribution is 5.93. The van der Waals surface area contributed by atoms with Crippen molar-refractivity contribution in [3.8, 4) is 11.4 Å². The first kappa shape index (κ1) is 22.5. The van der Waals surface area contributed by atoms with Crippen molar-refractivity contribution in [2.24, 2.45) is 0 Å². The second kappa shape index (κ2) is 10.3. The summed E-state index contributed by atoms with van der Waals surface area (Å²) in [6.45, 7) is 4.03. The monoisotopic (exact) mass is 437 g/mol. The molecular weight excluding hydrogens is 414 g/mol. The van der Waals surface area contributed by atoms with Crippen molar-refractivity contribution >= 4 is 17.6 Å². The van der Waals surface area contributed by atoms with Gasteiger partial charge >= 0.3 is 17.1 Å². The van der Waals surface area contributed by atoms with Crippen LogP contribution < -0.4 is 21.2 Å². The van der Waals surface area contributed by atoms with Gasteiger partial charge in [-0.1, -0.05) is 0 Å². The van der Waals surface area contributed by atoms with Gasteiger partial charge in [-0.05, 0) is 62.4 Å². The SMILES string of the molecule is CCOC(=O)c1ccc(NC(=O)Cn2ccn(-c3ccc(OCC)cc3)c(=O)c2=O)cc1. The molecule has 3 aromatic rings. The molecule has 1 amide bonds. The van der Waals surface area contributed by atoms with E-state index < -0.39 is 23.0 Å². The number of hydrogen-bond acceptors (Lipinski definition) is 6. The molecule has 0 fully saturated rings. The van der Waals surface area contributed by atoms with Gasteiger partial charge in [-0.3, -0.25) is 23.5 Å². The Bertz CT molecular complexity index is 1210. The summed E-state index contributed by atoms with van der Waals surface area (Å²) >= 11 is 0. The fourth-order valence-electron chi connectivity index (χ4n) is 2.97. The van der Waals surface area contributed by atoms with Crippen molar-refractivity contribution in [1.29, 1.82) is 0 Å². The van der Waals surface area contributed by atoms with Crippen molar-refractivity contribution in [3.63, 3.8) is 0 Å². The van der Waals surface area contributed by atoms with Gasteiger partial charge in [0.25, 0.3) is 0 Å². The average Bonchev–Trinajstić information content (AvgIpc) is 2.79. The van der Waals surface area contributed by atoms with Crippen LogP contribution in [0.3, 0.4) is 0 Å². The predicted molar refractivity (Wildman–Crippen MR) is 118 cm³/mol. The molecule has 2 aromatic carbocycles. The molecule has 0 unspecified atom stereocenters. The lowest BCUT2D eigenvalue weighted by atomic mass is 10.2. The zero-order valence-electron chi connectivity index (χ0n) is 17.7. The van der Waals surface area contributed by atoms with Crippen LogP contribution in [0.25, 0.3) is 5.69 Å². The lowest BCUT2D eigenvalue weighted by Gasteiger charge is -2.10. The first-order valence-electron chi connectivity index (χ1n) is 10.0. The molecule has 0 bridgehead atoms. The highest BCUT2D eigenvalue weighted by Gasteiger charge is 2.11. The van der Waals surface area contributed by atoms with E-state index in [4.69, 9.17) is 9.47 Å². The number of nitrogens with one attached hydrogen (secondary N) is 1. The maximum atomic E-state index is 12.5. The largest absolute Gasteiger partial charge is 0.494 e.